The zero-order valence-electron chi connectivity index (χ0n) is 13.1. The third-order valence-electron chi connectivity index (χ3n) is 2.55. The average molecular weight is 331 g/mol. The van der Waals surface area contributed by atoms with Crippen LogP contribution < -0.4 is 10.6 Å². The molecule has 0 aromatic heterocycles. The van der Waals surface area contributed by atoms with E-state index in [2.05, 4.69) is 10.6 Å². The fourth-order valence-electron chi connectivity index (χ4n) is 1.69. The van der Waals surface area contributed by atoms with E-state index in [1.165, 1.54) is 0 Å². The van der Waals surface area contributed by atoms with Gasteiger partial charge in [0.2, 0.25) is 0 Å². The van der Waals surface area contributed by atoms with E-state index in [4.69, 9.17) is 4.74 Å². The summed E-state index contributed by atoms with van der Waals surface area (Å²) in [6.07, 6.45) is -0.218. The smallest absolute Gasteiger partial charge is 0.407 e. The number of nitro benzene ring substituents is 1. The first kappa shape index (κ1) is 18.6. The zero-order chi connectivity index (χ0) is 17.6. The number of hydrogen-bond acceptors (Lipinski definition) is 5. The summed E-state index contributed by atoms with van der Waals surface area (Å²) in [6.45, 7) is 5.57. The number of nitro groups is 1. The van der Waals surface area contributed by atoms with Gasteiger partial charge in [0.15, 0.2) is 5.82 Å². The maximum atomic E-state index is 13.6. The Hall–Kier alpha value is -2.45. The van der Waals surface area contributed by atoms with Crippen LogP contribution in [-0.4, -0.2) is 29.7 Å². The van der Waals surface area contributed by atoms with Gasteiger partial charge in [-0.2, -0.15) is 0 Å². The molecule has 9 heteroatoms. The normalized spacial score (nSPS) is 11.0. The zero-order valence-corrected chi connectivity index (χ0v) is 13.1. The van der Waals surface area contributed by atoms with Crippen molar-refractivity contribution in [3.8, 4) is 0 Å². The van der Waals surface area contributed by atoms with Gasteiger partial charge in [0.05, 0.1) is 11.0 Å². The third kappa shape index (κ3) is 6.45. The first-order valence-electron chi connectivity index (χ1n) is 6.94. The highest BCUT2D eigenvalue weighted by Crippen LogP contribution is 2.28. The second kappa shape index (κ2) is 7.70. The van der Waals surface area contributed by atoms with Gasteiger partial charge in [0, 0.05) is 19.2 Å². The Morgan fingerprint density at radius 3 is 2.52 bits per heavy atom. The molecule has 0 radical (unpaired) electrons. The number of ether oxygens (including phenoxy) is 1. The fraction of sp³-hybridized carbons (Fsp3) is 0.500. The minimum Gasteiger partial charge on any atom is -0.444 e. The standard InChI is InChI=1S/C14H19F2N3O4/c1-14(2,3)23-13(20)18-6-4-5-17-12-10(16)7-9(15)8-11(12)19(21)22/h7-8,17H,4-6H2,1-3H3,(H,18,20). The van der Waals surface area contributed by atoms with Crippen LogP contribution in [0.5, 0.6) is 0 Å². The lowest BCUT2D eigenvalue weighted by atomic mass is 10.2. The number of alkyl carbamates (subject to hydrolysis) is 1. The Bertz CT molecular complexity index is 588. The van der Waals surface area contributed by atoms with Crippen molar-refractivity contribution < 1.29 is 23.2 Å². The summed E-state index contributed by atoms with van der Waals surface area (Å²) >= 11 is 0. The second-order valence-electron chi connectivity index (χ2n) is 5.75. The largest absolute Gasteiger partial charge is 0.444 e. The molecule has 0 saturated carbocycles. The van der Waals surface area contributed by atoms with Crippen LogP contribution in [0.4, 0.5) is 25.0 Å². The Labute approximate surface area is 132 Å². The minimum absolute atomic E-state index is 0.152. The van der Waals surface area contributed by atoms with Crippen molar-refractivity contribution >= 4 is 17.5 Å². The number of hydrogen-bond donors (Lipinski definition) is 2. The molecule has 1 amide bonds. The Balaban J connectivity index is 2.48. The highest BCUT2D eigenvalue weighted by molar-refractivity contribution is 5.67. The Morgan fingerprint density at radius 2 is 1.96 bits per heavy atom. The maximum Gasteiger partial charge on any atom is 0.407 e. The van der Waals surface area contributed by atoms with Gasteiger partial charge in [0.1, 0.15) is 17.1 Å². The molecule has 0 spiro atoms. The number of anilines is 1. The quantitative estimate of drug-likeness (QED) is 0.474. The predicted octanol–water partition coefficient (Wildman–Crippen LogP) is 3.20. The van der Waals surface area contributed by atoms with Gasteiger partial charge >= 0.3 is 6.09 Å². The van der Waals surface area contributed by atoms with E-state index < -0.39 is 33.9 Å². The molecule has 0 aliphatic carbocycles. The van der Waals surface area contributed by atoms with Crippen LogP contribution in [-0.2, 0) is 4.74 Å². The van der Waals surface area contributed by atoms with Crippen molar-refractivity contribution in [2.45, 2.75) is 32.8 Å². The van der Waals surface area contributed by atoms with Crippen LogP contribution in [0.15, 0.2) is 12.1 Å². The summed E-state index contributed by atoms with van der Waals surface area (Å²) in [5.41, 5.74) is -1.67. The lowest BCUT2D eigenvalue weighted by molar-refractivity contribution is -0.384. The third-order valence-corrected chi connectivity index (χ3v) is 2.55. The van der Waals surface area contributed by atoms with E-state index in [1.54, 1.807) is 20.8 Å². The van der Waals surface area contributed by atoms with Crippen molar-refractivity contribution in [2.75, 3.05) is 18.4 Å². The van der Waals surface area contributed by atoms with Gasteiger partial charge < -0.3 is 15.4 Å². The number of amides is 1. The molecule has 0 saturated heterocycles. The molecule has 0 unspecified atom stereocenters. The van der Waals surface area contributed by atoms with Crippen LogP contribution in [0.1, 0.15) is 27.2 Å². The highest BCUT2D eigenvalue weighted by atomic mass is 19.1. The van der Waals surface area contributed by atoms with Gasteiger partial charge in [0.25, 0.3) is 5.69 Å². The number of rotatable bonds is 6. The summed E-state index contributed by atoms with van der Waals surface area (Å²) in [7, 11) is 0. The predicted molar refractivity (Wildman–Crippen MR) is 80.4 cm³/mol. The molecule has 1 rings (SSSR count). The van der Waals surface area contributed by atoms with Crippen LogP contribution >= 0.6 is 0 Å². The van der Waals surface area contributed by atoms with Crippen LogP contribution in [0.2, 0.25) is 0 Å². The van der Waals surface area contributed by atoms with Gasteiger partial charge in [-0.3, -0.25) is 10.1 Å². The molecular formula is C14H19F2N3O4. The topological polar surface area (TPSA) is 93.5 Å². The van der Waals surface area contributed by atoms with E-state index >= 15 is 0 Å². The molecule has 0 aliphatic rings. The molecule has 0 bridgehead atoms. The molecule has 0 atom stereocenters. The van der Waals surface area contributed by atoms with Gasteiger partial charge in [-0.1, -0.05) is 0 Å². The molecule has 0 aliphatic heterocycles. The molecule has 128 valence electrons. The molecule has 7 nitrogen and oxygen atoms in total. The fourth-order valence-corrected chi connectivity index (χ4v) is 1.69. The molecule has 0 fully saturated rings. The summed E-state index contributed by atoms with van der Waals surface area (Å²) in [6, 6.07) is 1.21. The molecule has 0 heterocycles. The van der Waals surface area contributed by atoms with Crippen molar-refractivity contribution in [3.63, 3.8) is 0 Å². The van der Waals surface area contributed by atoms with E-state index in [0.717, 1.165) is 0 Å². The molecule has 23 heavy (non-hydrogen) atoms. The summed E-state index contributed by atoms with van der Waals surface area (Å²) < 4.78 is 31.6. The SMILES string of the molecule is CC(C)(C)OC(=O)NCCCNc1c(F)cc(F)cc1[N+](=O)[O-]. The van der Waals surface area contributed by atoms with Gasteiger partial charge in [-0.15, -0.1) is 0 Å². The van der Waals surface area contributed by atoms with Crippen molar-refractivity contribution in [1.29, 1.82) is 0 Å². The number of carbonyl (C=O) groups is 1. The second-order valence-corrected chi connectivity index (χ2v) is 5.75. The Kier molecular flexibility index (Phi) is 6.23. The minimum atomic E-state index is -1.04. The number of carbonyl (C=O) groups excluding carboxylic acids is 1. The molecular weight excluding hydrogens is 312 g/mol. The van der Waals surface area contributed by atoms with Crippen molar-refractivity contribution in [1.82, 2.24) is 5.32 Å². The number of halogens is 2. The molecule has 2 N–H and O–H groups in total. The first-order valence-corrected chi connectivity index (χ1v) is 6.94. The van der Waals surface area contributed by atoms with Crippen LogP contribution in [0.25, 0.3) is 0 Å². The van der Waals surface area contributed by atoms with E-state index in [1.807, 2.05) is 0 Å². The van der Waals surface area contributed by atoms with E-state index in [0.29, 0.717) is 18.6 Å². The van der Waals surface area contributed by atoms with Crippen LogP contribution in [0.3, 0.4) is 0 Å². The number of nitrogens with one attached hydrogen (secondary N) is 2. The summed E-state index contributed by atoms with van der Waals surface area (Å²) in [5, 5.41) is 15.8. The lowest BCUT2D eigenvalue weighted by Gasteiger charge is -2.19. The highest BCUT2D eigenvalue weighted by Gasteiger charge is 2.20. The summed E-state index contributed by atoms with van der Waals surface area (Å²) in [4.78, 5) is 21.3. The van der Waals surface area contributed by atoms with Crippen LogP contribution in [0, 0.1) is 21.7 Å². The lowest BCUT2D eigenvalue weighted by Crippen LogP contribution is -2.33. The van der Waals surface area contributed by atoms with Gasteiger partial charge in [-0.25, -0.2) is 13.6 Å². The Morgan fingerprint density at radius 1 is 1.30 bits per heavy atom. The molecule has 1 aromatic carbocycles. The van der Waals surface area contributed by atoms with Gasteiger partial charge in [-0.05, 0) is 27.2 Å². The summed E-state index contributed by atoms with van der Waals surface area (Å²) in [5.74, 6) is -2.07. The van der Waals surface area contributed by atoms with Crippen molar-refractivity contribution in [3.05, 3.63) is 33.9 Å². The first-order chi connectivity index (χ1) is 10.6. The van der Waals surface area contributed by atoms with Crippen molar-refractivity contribution in [2.24, 2.45) is 0 Å². The van der Waals surface area contributed by atoms with E-state index in [-0.39, 0.29) is 18.8 Å². The van der Waals surface area contributed by atoms with E-state index in [9.17, 15) is 23.7 Å². The number of benzene rings is 1. The number of nitrogens with zero attached hydrogens (tertiary/aromatic N) is 1. The maximum absolute atomic E-state index is 13.6. The average Bonchev–Trinajstić information content (AvgIpc) is 2.37. The molecule has 1 aromatic rings. The monoisotopic (exact) mass is 331 g/mol.